The standard InChI is InChI=1S/C30H41B2N3O3/c1-7-35-29(36)34-19-22-15-25(37-5)17-26(38-6)28(22)20(2)12-27(34)30(35)8-10-33(11-9-30)18-21-13-23(31-3)16-24(14-21)32-4/h12-17,20,31-32H,7-11,18-19H2,1-6H3/t20-/m1/s1. The van der Waals surface area contributed by atoms with Crippen LogP contribution in [0.2, 0.25) is 13.6 Å². The van der Waals surface area contributed by atoms with E-state index in [0.717, 1.165) is 69.7 Å². The van der Waals surface area contributed by atoms with Crippen LogP contribution in [0, 0.1) is 0 Å². The topological polar surface area (TPSA) is 45.3 Å². The summed E-state index contributed by atoms with van der Waals surface area (Å²) >= 11 is 0. The molecule has 2 fully saturated rings. The summed E-state index contributed by atoms with van der Waals surface area (Å²) in [7, 11) is 5.52. The Bertz CT molecular complexity index is 1220. The molecule has 1 spiro atoms. The molecule has 2 aromatic carbocycles. The number of benzene rings is 2. The molecule has 3 aliphatic heterocycles. The fourth-order valence-electron chi connectivity index (χ4n) is 6.94. The molecule has 5 rings (SSSR count). The zero-order valence-electron chi connectivity index (χ0n) is 24.0. The molecule has 0 radical (unpaired) electrons. The summed E-state index contributed by atoms with van der Waals surface area (Å²) in [5, 5.41) is 0. The van der Waals surface area contributed by atoms with Crippen molar-refractivity contribution in [2.75, 3.05) is 33.9 Å². The number of likely N-dealkylation sites (tertiary alicyclic amines) is 1. The van der Waals surface area contributed by atoms with E-state index >= 15 is 0 Å². The second-order valence-electron chi connectivity index (χ2n) is 11.0. The molecule has 0 saturated carbocycles. The molecule has 3 aliphatic rings. The number of fused-ring (bicyclic) bond motifs is 3. The number of carbonyl (C=O) groups excluding carboxylic acids is 1. The summed E-state index contributed by atoms with van der Waals surface area (Å²) < 4.78 is 11.3. The summed E-state index contributed by atoms with van der Waals surface area (Å²) in [4.78, 5) is 20.6. The van der Waals surface area contributed by atoms with Crippen LogP contribution in [-0.2, 0) is 13.1 Å². The SMILES string of the molecule is CBc1cc(BC)cc(CN2CCC3(CC2)C2=C[C@@H](C)c4c(cc(OC)cc4OC)CN2C(=O)N3CC)c1. The third kappa shape index (κ3) is 4.51. The Hall–Kier alpha value is -2.86. The molecule has 3 heterocycles. The lowest BCUT2D eigenvalue weighted by Gasteiger charge is -2.44. The van der Waals surface area contributed by atoms with E-state index in [4.69, 9.17) is 9.47 Å². The minimum Gasteiger partial charge on any atom is -0.497 e. The van der Waals surface area contributed by atoms with Crippen molar-refractivity contribution in [2.24, 2.45) is 0 Å². The summed E-state index contributed by atoms with van der Waals surface area (Å²) in [6, 6.07) is 11.2. The van der Waals surface area contributed by atoms with Crippen LogP contribution in [0.5, 0.6) is 11.5 Å². The molecule has 200 valence electrons. The lowest BCUT2D eigenvalue weighted by molar-refractivity contribution is 0.0888. The van der Waals surface area contributed by atoms with Gasteiger partial charge in [0.2, 0.25) is 0 Å². The largest absolute Gasteiger partial charge is 0.497 e. The average molecular weight is 513 g/mol. The van der Waals surface area contributed by atoms with Gasteiger partial charge in [0.1, 0.15) is 11.5 Å². The van der Waals surface area contributed by atoms with E-state index in [0.29, 0.717) is 13.1 Å². The van der Waals surface area contributed by atoms with Gasteiger partial charge in [0.05, 0.1) is 26.3 Å². The van der Waals surface area contributed by atoms with Crippen molar-refractivity contribution in [2.45, 2.75) is 64.9 Å². The van der Waals surface area contributed by atoms with Gasteiger partial charge in [0.25, 0.3) is 0 Å². The van der Waals surface area contributed by atoms with Gasteiger partial charge in [-0.3, -0.25) is 9.80 Å². The predicted molar refractivity (Wildman–Crippen MR) is 158 cm³/mol. The van der Waals surface area contributed by atoms with E-state index in [2.05, 4.69) is 67.6 Å². The number of amides is 2. The Morgan fingerprint density at radius 3 is 2.26 bits per heavy atom. The molecule has 2 amide bonds. The Balaban J connectivity index is 1.43. The molecular formula is C30H41B2N3O3. The molecule has 0 N–H and O–H groups in total. The minimum absolute atomic E-state index is 0.122. The van der Waals surface area contributed by atoms with E-state index in [1.165, 1.54) is 22.2 Å². The van der Waals surface area contributed by atoms with Crippen molar-refractivity contribution >= 4 is 31.5 Å². The summed E-state index contributed by atoms with van der Waals surface area (Å²) in [6.07, 6.45) is 4.24. The maximum absolute atomic E-state index is 13.9. The maximum atomic E-state index is 13.9. The molecule has 0 aromatic heterocycles. The van der Waals surface area contributed by atoms with Gasteiger partial charge in [0.15, 0.2) is 14.6 Å². The number of hydrogen-bond donors (Lipinski definition) is 0. The van der Waals surface area contributed by atoms with Crippen LogP contribution in [0.4, 0.5) is 4.79 Å². The monoisotopic (exact) mass is 513 g/mol. The Labute approximate surface area is 229 Å². The predicted octanol–water partition coefficient (Wildman–Crippen LogP) is 3.22. The quantitative estimate of drug-likeness (QED) is 0.534. The smallest absolute Gasteiger partial charge is 0.325 e. The van der Waals surface area contributed by atoms with Gasteiger partial charge in [-0.2, -0.15) is 0 Å². The zero-order valence-corrected chi connectivity index (χ0v) is 24.0. The number of piperidine rings is 1. The molecule has 8 heteroatoms. The maximum Gasteiger partial charge on any atom is 0.325 e. The number of carbonyl (C=O) groups is 1. The first-order valence-corrected chi connectivity index (χ1v) is 14.3. The van der Waals surface area contributed by atoms with Gasteiger partial charge in [-0.25, -0.2) is 4.79 Å². The van der Waals surface area contributed by atoms with Gasteiger partial charge in [-0.1, -0.05) is 55.8 Å². The van der Waals surface area contributed by atoms with Crippen LogP contribution in [0.1, 0.15) is 49.3 Å². The van der Waals surface area contributed by atoms with Crippen LogP contribution in [0.25, 0.3) is 0 Å². The number of ether oxygens (including phenoxy) is 2. The second-order valence-corrected chi connectivity index (χ2v) is 11.0. The first kappa shape index (κ1) is 26.7. The zero-order chi connectivity index (χ0) is 27.0. The van der Waals surface area contributed by atoms with Gasteiger partial charge < -0.3 is 14.4 Å². The molecule has 38 heavy (non-hydrogen) atoms. The highest BCUT2D eigenvalue weighted by molar-refractivity contribution is 6.56. The van der Waals surface area contributed by atoms with Crippen molar-refractivity contribution in [1.29, 1.82) is 0 Å². The molecule has 2 saturated heterocycles. The van der Waals surface area contributed by atoms with Crippen molar-refractivity contribution in [1.82, 2.24) is 14.7 Å². The Kier molecular flexibility index (Phi) is 7.54. The lowest BCUT2D eigenvalue weighted by atomic mass is 9.66. The first-order chi connectivity index (χ1) is 18.4. The van der Waals surface area contributed by atoms with Crippen LogP contribution >= 0.6 is 0 Å². The molecular weight excluding hydrogens is 472 g/mol. The Morgan fingerprint density at radius 1 is 1.00 bits per heavy atom. The molecule has 0 unspecified atom stereocenters. The molecule has 2 aromatic rings. The van der Waals surface area contributed by atoms with E-state index in [9.17, 15) is 4.79 Å². The van der Waals surface area contributed by atoms with E-state index in [-0.39, 0.29) is 17.5 Å². The number of likely N-dealkylation sites (N-methyl/N-ethyl adjacent to an activating group) is 1. The van der Waals surface area contributed by atoms with Gasteiger partial charge in [-0.15, -0.1) is 0 Å². The summed E-state index contributed by atoms with van der Waals surface area (Å²) in [6.45, 7) is 13.0. The highest BCUT2D eigenvalue weighted by atomic mass is 16.5. The van der Waals surface area contributed by atoms with E-state index in [1.807, 2.05) is 11.0 Å². The van der Waals surface area contributed by atoms with E-state index < -0.39 is 0 Å². The number of allylic oxidation sites excluding steroid dienone is 1. The highest BCUT2D eigenvalue weighted by Crippen LogP contribution is 2.49. The molecule has 0 bridgehead atoms. The highest BCUT2D eigenvalue weighted by Gasteiger charge is 2.54. The van der Waals surface area contributed by atoms with Crippen LogP contribution in [-0.4, -0.2) is 74.7 Å². The fraction of sp³-hybridized carbons (Fsp3) is 0.500. The third-order valence-electron chi connectivity index (χ3n) is 8.93. The number of nitrogens with zero attached hydrogens (tertiary/aromatic N) is 3. The Morgan fingerprint density at radius 2 is 1.68 bits per heavy atom. The number of rotatable bonds is 7. The lowest BCUT2D eigenvalue weighted by Crippen LogP contribution is -2.53. The van der Waals surface area contributed by atoms with Crippen molar-refractivity contribution in [3.8, 4) is 11.5 Å². The number of urea groups is 1. The summed E-state index contributed by atoms with van der Waals surface area (Å²) in [5.74, 6) is 1.72. The van der Waals surface area contributed by atoms with Crippen molar-refractivity contribution in [3.63, 3.8) is 0 Å². The normalized spacial score (nSPS) is 20.5. The first-order valence-electron chi connectivity index (χ1n) is 14.3. The van der Waals surface area contributed by atoms with E-state index in [1.54, 1.807) is 14.2 Å². The number of methoxy groups -OCH3 is 2. The summed E-state index contributed by atoms with van der Waals surface area (Å²) in [5.41, 5.74) is 7.43. The van der Waals surface area contributed by atoms with Crippen molar-refractivity contribution < 1.29 is 14.3 Å². The van der Waals surface area contributed by atoms with Crippen LogP contribution < -0.4 is 20.4 Å². The fourth-order valence-corrected chi connectivity index (χ4v) is 6.94. The minimum atomic E-state index is -0.254. The van der Waals surface area contributed by atoms with Crippen LogP contribution in [0.15, 0.2) is 42.1 Å². The molecule has 1 atom stereocenters. The molecule has 6 nitrogen and oxygen atoms in total. The third-order valence-corrected chi connectivity index (χ3v) is 8.93. The van der Waals surface area contributed by atoms with Crippen LogP contribution in [0.3, 0.4) is 0 Å². The van der Waals surface area contributed by atoms with Gasteiger partial charge in [0, 0.05) is 49.4 Å². The van der Waals surface area contributed by atoms with Crippen molar-refractivity contribution in [3.05, 3.63) is 58.8 Å². The number of hydrogen-bond acceptors (Lipinski definition) is 4. The average Bonchev–Trinajstić information content (AvgIpc) is 3.03. The van der Waals surface area contributed by atoms with Gasteiger partial charge >= 0.3 is 6.03 Å². The van der Waals surface area contributed by atoms with Gasteiger partial charge in [-0.05, 0) is 37.0 Å². The molecule has 0 aliphatic carbocycles. The second kappa shape index (κ2) is 10.7.